The van der Waals surface area contributed by atoms with Crippen molar-refractivity contribution in [3.05, 3.63) is 11.1 Å². The van der Waals surface area contributed by atoms with E-state index in [1.165, 1.54) is 0 Å². The highest BCUT2D eigenvalue weighted by molar-refractivity contribution is 7.86. The van der Waals surface area contributed by atoms with Crippen LogP contribution >= 0.6 is 0 Å². The summed E-state index contributed by atoms with van der Waals surface area (Å²) in [6, 6.07) is 1.98. The van der Waals surface area contributed by atoms with Crippen molar-refractivity contribution in [2.75, 3.05) is 0 Å². The molecule has 0 bridgehead atoms. The molecule has 5 heteroatoms. The summed E-state index contributed by atoms with van der Waals surface area (Å²) in [5.41, 5.74) is 2.14. The standard InChI is InChI=1S/C10H15NO3S/c1-7-5-9(3-4-11)10(6-8(7)2)15(12,13)14/h9-10H,3,5-6H2,1-2H3,(H,12,13,14). The lowest BCUT2D eigenvalue weighted by atomic mass is 9.83. The third-order valence-electron chi connectivity index (χ3n) is 3.07. The molecule has 1 rings (SSSR count). The summed E-state index contributed by atoms with van der Waals surface area (Å²) in [5.74, 6) is -0.270. The van der Waals surface area contributed by atoms with Crippen LogP contribution in [0.3, 0.4) is 0 Å². The Morgan fingerprint density at radius 2 is 1.93 bits per heavy atom. The van der Waals surface area contributed by atoms with E-state index in [0.29, 0.717) is 12.8 Å². The minimum atomic E-state index is -4.04. The van der Waals surface area contributed by atoms with Crippen LogP contribution in [0.4, 0.5) is 0 Å². The molecular formula is C10H15NO3S. The van der Waals surface area contributed by atoms with Gasteiger partial charge in [-0.25, -0.2) is 0 Å². The largest absolute Gasteiger partial charge is 0.285 e. The van der Waals surface area contributed by atoms with Crippen LogP contribution in [0.1, 0.15) is 33.1 Å². The molecule has 0 spiro atoms. The Labute approximate surface area is 90.3 Å². The van der Waals surface area contributed by atoms with Gasteiger partial charge in [0.2, 0.25) is 0 Å². The summed E-state index contributed by atoms with van der Waals surface area (Å²) in [7, 11) is -4.04. The summed E-state index contributed by atoms with van der Waals surface area (Å²) >= 11 is 0. The van der Waals surface area contributed by atoms with Crippen LogP contribution in [0.25, 0.3) is 0 Å². The number of nitrogens with zero attached hydrogens (tertiary/aromatic N) is 1. The average molecular weight is 229 g/mol. The number of rotatable bonds is 2. The van der Waals surface area contributed by atoms with Gasteiger partial charge in [-0.05, 0) is 32.6 Å². The Balaban J connectivity index is 3.01. The molecule has 15 heavy (non-hydrogen) atoms. The van der Waals surface area contributed by atoms with E-state index >= 15 is 0 Å². The molecule has 0 aliphatic heterocycles. The Morgan fingerprint density at radius 1 is 1.40 bits per heavy atom. The predicted molar refractivity (Wildman–Crippen MR) is 56.7 cm³/mol. The third kappa shape index (κ3) is 2.80. The average Bonchev–Trinajstić information content (AvgIpc) is 2.09. The molecule has 0 fully saturated rings. The van der Waals surface area contributed by atoms with E-state index in [0.717, 1.165) is 11.1 Å². The van der Waals surface area contributed by atoms with Gasteiger partial charge in [0, 0.05) is 6.42 Å². The predicted octanol–water partition coefficient (Wildman–Crippen LogP) is 1.90. The van der Waals surface area contributed by atoms with E-state index in [4.69, 9.17) is 9.81 Å². The zero-order valence-electron chi connectivity index (χ0n) is 8.90. The van der Waals surface area contributed by atoms with Gasteiger partial charge in [0.15, 0.2) is 0 Å². The second kappa shape index (κ2) is 4.33. The maximum atomic E-state index is 11.1. The molecule has 0 amide bonds. The van der Waals surface area contributed by atoms with Crippen molar-refractivity contribution in [2.24, 2.45) is 5.92 Å². The van der Waals surface area contributed by atoms with Crippen molar-refractivity contribution in [3.8, 4) is 6.07 Å². The second-order valence-electron chi connectivity index (χ2n) is 4.14. The Morgan fingerprint density at radius 3 is 2.40 bits per heavy atom. The molecule has 0 heterocycles. The van der Waals surface area contributed by atoms with Crippen molar-refractivity contribution in [1.29, 1.82) is 5.26 Å². The molecule has 0 aromatic heterocycles. The highest BCUT2D eigenvalue weighted by atomic mass is 32.2. The van der Waals surface area contributed by atoms with E-state index < -0.39 is 15.4 Å². The van der Waals surface area contributed by atoms with E-state index in [1.807, 2.05) is 19.9 Å². The number of allylic oxidation sites excluding steroid dienone is 2. The molecule has 0 saturated carbocycles. The van der Waals surface area contributed by atoms with E-state index in [1.54, 1.807) is 0 Å². The molecule has 0 saturated heterocycles. The molecule has 2 unspecified atom stereocenters. The lowest BCUT2D eigenvalue weighted by Crippen LogP contribution is -2.32. The molecule has 0 aromatic carbocycles. The lowest BCUT2D eigenvalue weighted by molar-refractivity contribution is 0.403. The zero-order chi connectivity index (χ0) is 11.6. The molecule has 1 aliphatic carbocycles. The van der Waals surface area contributed by atoms with Crippen molar-refractivity contribution in [3.63, 3.8) is 0 Å². The van der Waals surface area contributed by atoms with E-state index in [-0.39, 0.29) is 12.3 Å². The normalized spacial score (nSPS) is 27.6. The fraction of sp³-hybridized carbons (Fsp3) is 0.700. The first-order chi connectivity index (χ1) is 6.86. The van der Waals surface area contributed by atoms with Crippen LogP contribution in [-0.2, 0) is 10.1 Å². The first kappa shape index (κ1) is 12.2. The first-order valence-electron chi connectivity index (χ1n) is 4.84. The molecule has 0 aromatic rings. The Kier molecular flexibility index (Phi) is 3.53. The molecule has 0 radical (unpaired) electrons. The van der Waals surface area contributed by atoms with Gasteiger partial charge < -0.3 is 0 Å². The summed E-state index contributed by atoms with van der Waals surface area (Å²) in [4.78, 5) is 0. The van der Waals surface area contributed by atoms with Gasteiger partial charge in [0.05, 0.1) is 11.3 Å². The molecular weight excluding hydrogens is 214 g/mol. The molecule has 1 aliphatic rings. The highest BCUT2D eigenvalue weighted by Gasteiger charge is 2.35. The molecule has 4 nitrogen and oxygen atoms in total. The maximum Gasteiger partial charge on any atom is 0.268 e. The van der Waals surface area contributed by atoms with Crippen LogP contribution in [0, 0.1) is 17.2 Å². The van der Waals surface area contributed by atoms with Gasteiger partial charge in [0.1, 0.15) is 0 Å². The van der Waals surface area contributed by atoms with Gasteiger partial charge >= 0.3 is 0 Å². The first-order valence-corrected chi connectivity index (χ1v) is 6.35. The SMILES string of the molecule is CC1=C(C)CC(S(=O)(=O)O)C(CC#N)C1. The topological polar surface area (TPSA) is 78.2 Å². The van der Waals surface area contributed by atoms with Gasteiger partial charge in [-0.3, -0.25) is 4.55 Å². The van der Waals surface area contributed by atoms with Crippen molar-refractivity contribution >= 4 is 10.1 Å². The van der Waals surface area contributed by atoms with Gasteiger partial charge in [-0.2, -0.15) is 13.7 Å². The fourth-order valence-corrected chi connectivity index (χ4v) is 3.15. The summed E-state index contributed by atoms with van der Waals surface area (Å²) in [6.07, 6.45) is 1.11. The Bertz CT molecular complexity index is 416. The quantitative estimate of drug-likeness (QED) is 0.579. The van der Waals surface area contributed by atoms with Crippen LogP contribution in [0.15, 0.2) is 11.1 Å². The van der Waals surface area contributed by atoms with Gasteiger partial charge in [0.25, 0.3) is 10.1 Å². The van der Waals surface area contributed by atoms with E-state index in [2.05, 4.69) is 0 Å². The fourth-order valence-electron chi connectivity index (χ4n) is 2.01. The minimum Gasteiger partial charge on any atom is -0.285 e. The number of nitriles is 1. The minimum absolute atomic E-state index is 0.176. The number of hydrogen-bond acceptors (Lipinski definition) is 3. The lowest BCUT2D eigenvalue weighted by Gasteiger charge is -2.29. The van der Waals surface area contributed by atoms with Crippen LogP contribution in [0.2, 0.25) is 0 Å². The van der Waals surface area contributed by atoms with Gasteiger partial charge in [-0.1, -0.05) is 11.1 Å². The van der Waals surface area contributed by atoms with Crippen LogP contribution in [0.5, 0.6) is 0 Å². The Hall–Kier alpha value is -0.860. The maximum absolute atomic E-state index is 11.1. The molecule has 1 N–H and O–H groups in total. The van der Waals surface area contributed by atoms with Crippen molar-refractivity contribution in [1.82, 2.24) is 0 Å². The van der Waals surface area contributed by atoms with Crippen LogP contribution < -0.4 is 0 Å². The monoisotopic (exact) mass is 229 g/mol. The third-order valence-corrected chi connectivity index (χ3v) is 4.38. The molecule has 2 atom stereocenters. The van der Waals surface area contributed by atoms with Crippen molar-refractivity contribution < 1.29 is 13.0 Å². The summed E-state index contributed by atoms with van der Waals surface area (Å²) in [5, 5.41) is 7.81. The highest BCUT2D eigenvalue weighted by Crippen LogP contribution is 2.34. The zero-order valence-corrected chi connectivity index (χ0v) is 9.71. The molecule has 84 valence electrons. The van der Waals surface area contributed by atoms with Gasteiger partial charge in [-0.15, -0.1) is 0 Å². The van der Waals surface area contributed by atoms with Crippen LogP contribution in [-0.4, -0.2) is 18.2 Å². The summed E-state index contributed by atoms with van der Waals surface area (Å²) in [6.45, 7) is 3.82. The van der Waals surface area contributed by atoms with Crippen molar-refractivity contribution in [2.45, 2.75) is 38.4 Å². The second-order valence-corrected chi connectivity index (χ2v) is 5.78. The summed E-state index contributed by atoms with van der Waals surface area (Å²) < 4.78 is 31.4. The van der Waals surface area contributed by atoms with E-state index in [9.17, 15) is 8.42 Å². The number of hydrogen-bond donors (Lipinski definition) is 1. The smallest absolute Gasteiger partial charge is 0.268 e.